The van der Waals surface area contributed by atoms with Crippen LogP contribution in [-0.2, 0) is 9.53 Å². The van der Waals surface area contributed by atoms with Gasteiger partial charge in [0, 0.05) is 12.2 Å². The molecule has 0 heterocycles. The Morgan fingerprint density at radius 2 is 2.12 bits per heavy atom. The van der Waals surface area contributed by atoms with E-state index in [1.807, 2.05) is 0 Å². The molecule has 5 nitrogen and oxygen atoms in total. The summed E-state index contributed by atoms with van der Waals surface area (Å²) in [4.78, 5) is 22.8. The van der Waals surface area contributed by atoms with E-state index in [0.717, 1.165) is 5.56 Å². The first kappa shape index (κ1) is 13.0. The number of esters is 1. The van der Waals surface area contributed by atoms with Crippen LogP contribution in [0.2, 0.25) is 0 Å². The lowest BCUT2D eigenvalue weighted by Gasteiger charge is -2.07. The molecule has 0 fully saturated rings. The molecule has 92 valence electrons. The van der Waals surface area contributed by atoms with E-state index in [4.69, 9.17) is 10.5 Å². The lowest BCUT2D eigenvalue weighted by Crippen LogP contribution is -2.28. The zero-order chi connectivity index (χ0) is 12.8. The Morgan fingerprint density at radius 1 is 1.41 bits per heavy atom. The van der Waals surface area contributed by atoms with Crippen molar-refractivity contribution in [1.82, 2.24) is 5.32 Å². The Kier molecular flexibility index (Phi) is 4.51. The molecule has 0 atom stereocenters. The number of anilines is 1. The van der Waals surface area contributed by atoms with Crippen LogP contribution < -0.4 is 11.1 Å². The van der Waals surface area contributed by atoms with Gasteiger partial charge < -0.3 is 15.8 Å². The summed E-state index contributed by atoms with van der Waals surface area (Å²) < 4.78 is 4.87. The normalized spacial score (nSPS) is 9.76. The molecule has 1 aromatic carbocycles. The van der Waals surface area contributed by atoms with Gasteiger partial charge >= 0.3 is 5.97 Å². The minimum Gasteiger partial charge on any atom is -0.452 e. The van der Waals surface area contributed by atoms with Crippen molar-refractivity contribution in [1.29, 1.82) is 0 Å². The number of likely N-dealkylation sites (N-methyl/N-ethyl adjacent to an activating group) is 1. The second-order valence-corrected chi connectivity index (χ2v) is 3.60. The van der Waals surface area contributed by atoms with Gasteiger partial charge in [0.15, 0.2) is 6.61 Å². The molecule has 0 saturated heterocycles. The van der Waals surface area contributed by atoms with E-state index in [2.05, 4.69) is 5.32 Å². The number of aryl methyl sites for hydroxylation is 1. The molecule has 3 N–H and O–H groups in total. The summed E-state index contributed by atoms with van der Waals surface area (Å²) in [6.07, 6.45) is 0. The SMILES string of the molecule is CCNC(=O)COC(=O)c1cc(N)ccc1C. The van der Waals surface area contributed by atoms with E-state index in [9.17, 15) is 9.59 Å². The van der Waals surface area contributed by atoms with Crippen molar-refractivity contribution in [2.75, 3.05) is 18.9 Å². The molecule has 1 rings (SSSR count). The number of hydrogen-bond donors (Lipinski definition) is 2. The Morgan fingerprint density at radius 3 is 2.76 bits per heavy atom. The lowest BCUT2D eigenvalue weighted by molar-refractivity contribution is -0.124. The zero-order valence-electron chi connectivity index (χ0n) is 9.95. The van der Waals surface area contributed by atoms with Gasteiger partial charge in [0.05, 0.1) is 5.56 Å². The largest absolute Gasteiger partial charge is 0.452 e. The molecule has 1 amide bonds. The molecular formula is C12H16N2O3. The summed E-state index contributed by atoms with van der Waals surface area (Å²) in [6.45, 7) is 3.80. The summed E-state index contributed by atoms with van der Waals surface area (Å²) in [6, 6.07) is 4.98. The first-order chi connectivity index (χ1) is 8.04. The van der Waals surface area contributed by atoms with Crippen molar-refractivity contribution >= 4 is 17.6 Å². The van der Waals surface area contributed by atoms with E-state index >= 15 is 0 Å². The van der Waals surface area contributed by atoms with Crippen molar-refractivity contribution in [3.05, 3.63) is 29.3 Å². The van der Waals surface area contributed by atoms with E-state index in [-0.39, 0.29) is 12.5 Å². The fourth-order valence-corrected chi connectivity index (χ4v) is 1.32. The van der Waals surface area contributed by atoms with Crippen molar-refractivity contribution in [2.24, 2.45) is 0 Å². The van der Waals surface area contributed by atoms with Gasteiger partial charge in [-0.25, -0.2) is 4.79 Å². The average Bonchev–Trinajstić information content (AvgIpc) is 2.29. The van der Waals surface area contributed by atoms with E-state index in [1.165, 1.54) is 6.07 Å². The van der Waals surface area contributed by atoms with Gasteiger partial charge in [0.2, 0.25) is 0 Å². The van der Waals surface area contributed by atoms with Gasteiger partial charge in [0.25, 0.3) is 5.91 Å². The van der Waals surface area contributed by atoms with Crippen LogP contribution in [0.25, 0.3) is 0 Å². The predicted molar refractivity (Wildman–Crippen MR) is 64.6 cm³/mol. The molecule has 17 heavy (non-hydrogen) atoms. The molecule has 0 aliphatic carbocycles. The van der Waals surface area contributed by atoms with Crippen molar-refractivity contribution in [3.63, 3.8) is 0 Å². The number of nitrogens with one attached hydrogen (secondary N) is 1. The van der Waals surface area contributed by atoms with Gasteiger partial charge in [-0.3, -0.25) is 4.79 Å². The summed E-state index contributed by atoms with van der Waals surface area (Å²) >= 11 is 0. The van der Waals surface area contributed by atoms with Gasteiger partial charge in [-0.1, -0.05) is 6.07 Å². The van der Waals surface area contributed by atoms with E-state index < -0.39 is 5.97 Å². The second-order valence-electron chi connectivity index (χ2n) is 3.60. The standard InChI is InChI=1S/C12H16N2O3/c1-3-14-11(15)7-17-12(16)10-6-9(13)5-4-8(10)2/h4-6H,3,7,13H2,1-2H3,(H,14,15). The number of nitrogen functional groups attached to an aromatic ring is 1. The summed E-state index contributed by atoms with van der Waals surface area (Å²) in [5, 5.41) is 2.54. The Bertz CT molecular complexity index is 430. The lowest BCUT2D eigenvalue weighted by atomic mass is 10.1. The van der Waals surface area contributed by atoms with Crippen LogP contribution >= 0.6 is 0 Å². The second kappa shape index (κ2) is 5.89. The minimum absolute atomic E-state index is 0.277. The molecule has 0 unspecified atom stereocenters. The summed E-state index contributed by atoms with van der Waals surface area (Å²) in [5.74, 6) is -0.858. The molecule has 0 radical (unpaired) electrons. The number of ether oxygens (including phenoxy) is 1. The molecule has 1 aromatic rings. The van der Waals surface area contributed by atoms with Gasteiger partial charge in [-0.2, -0.15) is 0 Å². The van der Waals surface area contributed by atoms with Crippen LogP contribution in [0, 0.1) is 6.92 Å². The number of nitrogens with two attached hydrogens (primary N) is 1. The Labute approximate surface area is 99.9 Å². The molecule has 0 spiro atoms. The average molecular weight is 236 g/mol. The summed E-state index contributed by atoms with van der Waals surface area (Å²) in [7, 11) is 0. The number of benzene rings is 1. The molecule has 0 bridgehead atoms. The molecule has 5 heteroatoms. The smallest absolute Gasteiger partial charge is 0.338 e. The maximum Gasteiger partial charge on any atom is 0.338 e. The van der Waals surface area contributed by atoms with Crippen LogP contribution in [-0.4, -0.2) is 25.0 Å². The van der Waals surface area contributed by atoms with Crippen LogP contribution in [0.1, 0.15) is 22.8 Å². The highest BCUT2D eigenvalue weighted by Gasteiger charge is 2.12. The zero-order valence-corrected chi connectivity index (χ0v) is 9.95. The maximum atomic E-state index is 11.7. The van der Waals surface area contributed by atoms with Crippen LogP contribution in [0.4, 0.5) is 5.69 Å². The van der Waals surface area contributed by atoms with E-state index in [1.54, 1.807) is 26.0 Å². The molecule has 0 aliphatic heterocycles. The van der Waals surface area contributed by atoms with Crippen LogP contribution in [0.3, 0.4) is 0 Å². The molecular weight excluding hydrogens is 220 g/mol. The minimum atomic E-state index is -0.541. The first-order valence-corrected chi connectivity index (χ1v) is 5.34. The molecule has 0 saturated carbocycles. The van der Waals surface area contributed by atoms with Gasteiger partial charge in [-0.15, -0.1) is 0 Å². The third-order valence-corrected chi connectivity index (χ3v) is 2.19. The van der Waals surface area contributed by atoms with E-state index in [0.29, 0.717) is 17.8 Å². The molecule has 0 aliphatic rings. The summed E-state index contributed by atoms with van der Waals surface area (Å²) in [5.41, 5.74) is 7.22. The Balaban J connectivity index is 2.64. The third kappa shape index (κ3) is 3.79. The highest BCUT2D eigenvalue weighted by Crippen LogP contribution is 2.13. The quantitative estimate of drug-likeness (QED) is 0.600. The van der Waals surface area contributed by atoms with Crippen LogP contribution in [0.5, 0.6) is 0 Å². The van der Waals surface area contributed by atoms with Crippen molar-refractivity contribution in [2.45, 2.75) is 13.8 Å². The Hall–Kier alpha value is -2.04. The fraction of sp³-hybridized carbons (Fsp3) is 0.333. The van der Waals surface area contributed by atoms with Crippen LogP contribution in [0.15, 0.2) is 18.2 Å². The predicted octanol–water partition coefficient (Wildman–Crippen LogP) is 0.870. The monoisotopic (exact) mass is 236 g/mol. The van der Waals surface area contributed by atoms with Gasteiger partial charge in [0.1, 0.15) is 0 Å². The topological polar surface area (TPSA) is 81.4 Å². The van der Waals surface area contributed by atoms with Gasteiger partial charge in [-0.05, 0) is 31.5 Å². The molecule has 0 aromatic heterocycles. The third-order valence-electron chi connectivity index (χ3n) is 2.19. The van der Waals surface area contributed by atoms with Crippen molar-refractivity contribution in [3.8, 4) is 0 Å². The number of carbonyl (C=O) groups excluding carboxylic acids is 2. The number of amides is 1. The highest BCUT2D eigenvalue weighted by atomic mass is 16.5. The van der Waals surface area contributed by atoms with Crippen molar-refractivity contribution < 1.29 is 14.3 Å². The fourth-order valence-electron chi connectivity index (χ4n) is 1.32. The number of carbonyl (C=O) groups is 2. The number of rotatable bonds is 4. The number of hydrogen-bond acceptors (Lipinski definition) is 4. The highest BCUT2D eigenvalue weighted by molar-refractivity contribution is 5.93. The maximum absolute atomic E-state index is 11.7. The first-order valence-electron chi connectivity index (χ1n) is 5.34.